The second-order valence-corrected chi connectivity index (χ2v) is 10.3. The van der Waals surface area contributed by atoms with Crippen molar-refractivity contribution >= 4 is 54.8 Å². The Kier molecular flexibility index (Phi) is 6.19. The van der Waals surface area contributed by atoms with Crippen molar-refractivity contribution in [2.75, 3.05) is 4.72 Å². The van der Waals surface area contributed by atoms with Gasteiger partial charge in [-0.1, -0.05) is 46.7 Å². The van der Waals surface area contributed by atoms with Gasteiger partial charge in [0, 0.05) is 22.8 Å². The zero-order valence-electron chi connectivity index (χ0n) is 17.4. The molecule has 1 N–H and O–H groups in total. The maximum absolute atomic E-state index is 12.9. The number of anilines is 1. The van der Waals surface area contributed by atoms with Gasteiger partial charge in [-0.25, -0.2) is 8.42 Å². The number of hydrogen-bond donors (Lipinski definition) is 1. The average molecular weight is 486 g/mol. The largest absolute Gasteiger partial charge is 0.317 e. The maximum atomic E-state index is 12.9. The summed E-state index contributed by atoms with van der Waals surface area (Å²) in [7, 11) is -3.77. The number of nitrogens with one attached hydrogen (secondary N) is 1. The van der Waals surface area contributed by atoms with Crippen LogP contribution in [0.1, 0.15) is 22.8 Å². The van der Waals surface area contributed by atoms with Crippen molar-refractivity contribution < 1.29 is 13.2 Å². The summed E-state index contributed by atoms with van der Waals surface area (Å²) >= 11 is 7.47. The van der Waals surface area contributed by atoms with Crippen LogP contribution in [0.15, 0.2) is 76.6 Å². The van der Waals surface area contributed by atoms with Gasteiger partial charge in [0.1, 0.15) is 0 Å². The van der Waals surface area contributed by atoms with E-state index in [1.807, 2.05) is 30.5 Å². The molecule has 0 saturated heterocycles. The molecule has 3 aromatic carbocycles. The van der Waals surface area contributed by atoms with Crippen molar-refractivity contribution in [1.82, 2.24) is 4.57 Å². The number of hydrogen-bond acceptors (Lipinski definition) is 4. The molecule has 0 spiro atoms. The third-order valence-electron chi connectivity index (χ3n) is 4.85. The predicted octanol–water partition coefficient (Wildman–Crippen LogP) is 5.23. The van der Waals surface area contributed by atoms with E-state index in [0.29, 0.717) is 16.4 Å². The second kappa shape index (κ2) is 8.90. The van der Waals surface area contributed by atoms with Gasteiger partial charge in [0.2, 0.25) is 0 Å². The molecule has 0 radical (unpaired) electrons. The number of fused-ring (bicyclic) bond motifs is 1. The summed E-state index contributed by atoms with van der Waals surface area (Å²) in [4.78, 5) is 17.9. The molecule has 0 aliphatic carbocycles. The molecule has 0 atom stereocenters. The molecule has 164 valence electrons. The molecule has 1 amide bonds. The molecule has 0 aliphatic rings. The van der Waals surface area contributed by atoms with Gasteiger partial charge >= 0.3 is 0 Å². The Morgan fingerprint density at radius 1 is 1.09 bits per heavy atom. The Morgan fingerprint density at radius 3 is 2.56 bits per heavy atom. The van der Waals surface area contributed by atoms with Crippen molar-refractivity contribution in [3.05, 3.63) is 87.7 Å². The van der Waals surface area contributed by atoms with Crippen LogP contribution in [0, 0.1) is 6.92 Å². The summed E-state index contributed by atoms with van der Waals surface area (Å²) in [6, 6.07) is 18.4. The standard InChI is InChI=1S/C23H20ClN3O3S2/c1-3-27-20-12-9-17(24)14-21(20)31-23(27)25-22(28)16-5-4-6-18(13-16)26-32(29,30)19-10-7-15(2)8-11-19/h4-14,26H,3H2,1-2H3. The Morgan fingerprint density at radius 2 is 1.84 bits per heavy atom. The lowest BCUT2D eigenvalue weighted by molar-refractivity contribution is 0.0998. The molecular formula is C23H20ClN3O3S2. The van der Waals surface area contributed by atoms with E-state index in [4.69, 9.17) is 11.6 Å². The third-order valence-corrected chi connectivity index (χ3v) is 7.52. The van der Waals surface area contributed by atoms with E-state index in [-0.39, 0.29) is 16.1 Å². The van der Waals surface area contributed by atoms with E-state index in [1.54, 1.807) is 48.5 Å². The number of thiazole rings is 1. The lowest BCUT2D eigenvalue weighted by atomic mass is 10.2. The number of sulfonamides is 1. The van der Waals surface area contributed by atoms with E-state index in [2.05, 4.69) is 9.71 Å². The SMILES string of the molecule is CCn1c(=NC(=O)c2cccc(NS(=O)(=O)c3ccc(C)cc3)c2)sc2cc(Cl)ccc21. The summed E-state index contributed by atoms with van der Waals surface area (Å²) < 4.78 is 30.7. The molecule has 1 heterocycles. The van der Waals surface area contributed by atoms with Gasteiger partial charge in [0.05, 0.1) is 15.1 Å². The number of carbonyl (C=O) groups excluding carboxylic acids is 1. The van der Waals surface area contributed by atoms with Crippen molar-refractivity contribution in [3.8, 4) is 0 Å². The van der Waals surface area contributed by atoms with Crippen LogP contribution >= 0.6 is 22.9 Å². The molecule has 0 unspecified atom stereocenters. The van der Waals surface area contributed by atoms with E-state index in [9.17, 15) is 13.2 Å². The molecular weight excluding hydrogens is 466 g/mol. The van der Waals surface area contributed by atoms with E-state index >= 15 is 0 Å². The summed E-state index contributed by atoms with van der Waals surface area (Å²) in [5, 5.41) is 0.619. The highest BCUT2D eigenvalue weighted by molar-refractivity contribution is 7.92. The van der Waals surface area contributed by atoms with Crippen molar-refractivity contribution in [2.45, 2.75) is 25.3 Å². The molecule has 32 heavy (non-hydrogen) atoms. The van der Waals surface area contributed by atoms with Crippen LogP contribution in [0.4, 0.5) is 5.69 Å². The van der Waals surface area contributed by atoms with Crippen molar-refractivity contribution in [2.24, 2.45) is 4.99 Å². The number of carbonyl (C=O) groups is 1. The molecule has 6 nitrogen and oxygen atoms in total. The molecule has 0 saturated carbocycles. The molecule has 0 aliphatic heterocycles. The van der Waals surface area contributed by atoms with Gasteiger partial charge in [-0.3, -0.25) is 9.52 Å². The number of aromatic nitrogens is 1. The Balaban J connectivity index is 1.66. The second-order valence-electron chi connectivity index (χ2n) is 7.16. The first-order chi connectivity index (χ1) is 15.3. The molecule has 0 bridgehead atoms. The monoisotopic (exact) mass is 485 g/mol. The van der Waals surface area contributed by atoms with Gasteiger partial charge in [0.25, 0.3) is 15.9 Å². The average Bonchev–Trinajstić information content (AvgIpc) is 3.09. The predicted molar refractivity (Wildman–Crippen MR) is 129 cm³/mol. The molecule has 9 heteroatoms. The van der Waals surface area contributed by atoms with Gasteiger partial charge in [-0.05, 0) is 62.4 Å². The van der Waals surface area contributed by atoms with Gasteiger partial charge in [0.15, 0.2) is 4.80 Å². The van der Waals surface area contributed by atoms with Crippen LogP contribution in [0.25, 0.3) is 10.2 Å². The van der Waals surface area contributed by atoms with Gasteiger partial charge < -0.3 is 4.57 Å². The minimum atomic E-state index is -3.77. The number of rotatable bonds is 5. The number of benzene rings is 3. The van der Waals surface area contributed by atoms with Crippen molar-refractivity contribution in [1.29, 1.82) is 0 Å². The number of aryl methyl sites for hydroxylation is 2. The third kappa shape index (κ3) is 4.62. The quantitative estimate of drug-likeness (QED) is 0.420. The first kappa shape index (κ1) is 22.3. The molecule has 4 rings (SSSR count). The zero-order chi connectivity index (χ0) is 22.9. The minimum Gasteiger partial charge on any atom is -0.317 e. The topological polar surface area (TPSA) is 80.5 Å². The highest BCUT2D eigenvalue weighted by atomic mass is 35.5. The first-order valence-corrected chi connectivity index (χ1v) is 12.5. The maximum Gasteiger partial charge on any atom is 0.279 e. The molecule has 1 aromatic heterocycles. The van der Waals surface area contributed by atoms with Gasteiger partial charge in [-0.2, -0.15) is 4.99 Å². The normalized spacial score (nSPS) is 12.3. The Bertz CT molecular complexity index is 1490. The minimum absolute atomic E-state index is 0.150. The summed E-state index contributed by atoms with van der Waals surface area (Å²) in [6.45, 7) is 4.50. The van der Waals surface area contributed by atoms with Crippen LogP contribution in [0.5, 0.6) is 0 Å². The van der Waals surface area contributed by atoms with Crippen LogP contribution < -0.4 is 9.52 Å². The van der Waals surface area contributed by atoms with E-state index < -0.39 is 15.9 Å². The fraction of sp³-hybridized carbons (Fsp3) is 0.130. The zero-order valence-corrected chi connectivity index (χ0v) is 19.8. The summed E-state index contributed by atoms with van der Waals surface area (Å²) in [5.74, 6) is -0.457. The fourth-order valence-electron chi connectivity index (χ4n) is 3.24. The highest BCUT2D eigenvalue weighted by Crippen LogP contribution is 2.22. The van der Waals surface area contributed by atoms with Crippen LogP contribution in [0.2, 0.25) is 5.02 Å². The Labute approximate surface area is 194 Å². The smallest absolute Gasteiger partial charge is 0.279 e. The van der Waals surface area contributed by atoms with Crippen LogP contribution in [-0.4, -0.2) is 18.9 Å². The summed E-state index contributed by atoms with van der Waals surface area (Å²) in [5.41, 5.74) is 2.49. The first-order valence-electron chi connectivity index (χ1n) is 9.84. The van der Waals surface area contributed by atoms with E-state index in [0.717, 1.165) is 15.8 Å². The Hall–Kier alpha value is -2.94. The number of halogens is 1. The number of amides is 1. The van der Waals surface area contributed by atoms with Crippen molar-refractivity contribution in [3.63, 3.8) is 0 Å². The van der Waals surface area contributed by atoms with Crippen LogP contribution in [0.3, 0.4) is 0 Å². The molecule has 4 aromatic rings. The van der Waals surface area contributed by atoms with Gasteiger partial charge in [-0.15, -0.1) is 0 Å². The number of nitrogens with zero attached hydrogens (tertiary/aromatic N) is 2. The summed E-state index contributed by atoms with van der Waals surface area (Å²) in [6.07, 6.45) is 0. The molecule has 0 fully saturated rings. The lowest BCUT2D eigenvalue weighted by Gasteiger charge is -2.09. The van der Waals surface area contributed by atoms with E-state index in [1.165, 1.54) is 17.4 Å². The lowest BCUT2D eigenvalue weighted by Crippen LogP contribution is -2.16. The fourth-order valence-corrected chi connectivity index (χ4v) is 5.65. The van der Waals surface area contributed by atoms with Crippen LogP contribution in [-0.2, 0) is 16.6 Å². The highest BCUT2D eigenvalue weighted by Gasteiger charge is 2.15.